The highest BCUT2D eigenvalue weighted by atomic mass is 16.5. The summed E-state index contributed by atoms with van der Waals surface area (Å²) in [6, 6.07) is 8.42. The van der Waals surface area contributed by atoms with Crippen LogP contribution in [0.1, 0.15) is 30.5 Å². The number of nitrogens with one attached hydrogen (secondary N) is 1. The van der Waals surface area contributed by atoms with E-state index in [9.17, 15) is 5.11 Å². The molecule has 2 N–H and O–H groups in total. The van der Waals surface area contributed by atoms with Crippen molar-refractivity contribution in [2.45, 2.75) is 31.5 Å². The molecular weight excluding hydrogens is 214 g/mol. The molecule has 17 heavy (non-hydrogen) atoms. The number of fused-ring (bicyclic) bond motifs is 1. The lowest BCUT2D eigenvalue weighted by Gasteiger charge is -2.42. The Kier molecular flexibility index (Phi) is 2.69. The van der Waals surface area contributed by atoms with Gasteiger partial charge >= 0.3 is 0 Å². The monoisotopic (exact) mass is 233 g/mol. The van der Waals surface area contributed by atoms with Crippen LogP contribution >= 0.6 is 0 Å². The topological polar surface area (TPSA) is 41.5 Å². The van der Waals surface area contributed by atoms with E-state index in [1.807, 2.05) is 6.07 Å². The molecule has 0 bridgehead atoms. The van der Waals surface area contributed by atoms with E-state index in [0.29, 0.717) is 19.6 Å². The molecule has 3 heteroatoms. The molecule has 2 heterocycles. The number of ether oxygens (including phenoxy) is 1. The molecule has 3 atom stereocenters. The summed E-state index contributed by atoms with van der Waals surface area (Å²) in [6.07, 6.45) is 0.708. The molecule has 1 fully saturated rings. The molecule has 92 valence electrons. The molecule has 3 rings (SSSR count). The summed E-state index contributed by atoms with van der Waals surface area (Å²) in [5.74, 6) is 0.167. The van der Waals surface area contributed by atoms with Crippen LogP contribution < -0.4 is 5.32 Å². The minimum absolute atomic E-state index is 0.0533. The molecule has 1 aromatic carbocycles. The fraction of sp³-hybridized carbons (Fsp3) is 0.571. The molecular formula is C14H19NO2. The number of benzene rings is 1. The van der Waals surface area contributed by atoms with E-state index in [-0.39, 0.29) is 12.0 Å². The third kappa shape index (κ3) is 1.69. The van der Waals surface area contributed by atoms with Gasteiger partial charge in [0.1, 0.15) is 0 Å². The summed E-state index contributed by atoms with van der Waals surface area (Å²) < 4.78 is 5.44. The first-order valence-corrected chi connectivity index (χ1v) is 6.33. The van der Waals surface area contributed by atoms with E-state index in [2.05, 4.69) is 30.4 Å². The van der Waals surface area contributed by atoms with Crippen molar-refractivity contribution < 1.29 is 9.84 Å². The summed E-state index contributed by atoms with van der Waals surface area (Å²) in [4.78, 5) is 0. The van der Waals surface area contributed by atoms with Gasteiger partial charge in [-0.05, 0) is 11.1 Å². The molecule has 3 unspecified atom stereocenters. The Morgan fingerprint density at radius 2 is 2.24 bits per heavy atom. The number of hydrogen-bond donors (Lipinski definition) is 2. The third-order valence-electron chi connectivity index (χ3n) is 4.23. The average Bonchev–Trinajstić information content (AvgIpc) is 2.77. The van der Waals surface area contributed by atoms with E-state index in [0.717, 1.165) is 6.54 Å². The van der Waals surface area contributed by atoms with Crippen molar-refractivity contribution in [3.63, 3.8) is 0 Å². The lowest BCUT2D eigenvalue weighted by Crippen LogP contribution is -2.51. The van der Waals surface area contributed by atoms with Gasteiger partial charge < -0.3 is 15.2 Å². The van der Waals surface area contributed by atoms with E-state index in [1.54, 1.807) is 0 Å². The van der Waals surface area contributed by atoms with Gasteiger partial charge in [0.2, 0.25) is 0 Å². The Balaban J connectivity index is 1.95. The quantitative estimate of drug-likeness (QED) is 0.774. The molecule has 1 saturated heterocycles. The molecule has 0 radical (unpaired) electrons. The van der Waals surface area contributed by atoms with Gasteiger partial charge in [-0.3, -0.25) is 0 Å². The van der Waals surface area contributed by atoms with Crippen LogP contribution in [-0.2, 0) is 11.3 Å². The molecule has 2 aliphatic rings. The average molecular weight is 233 g/mol. The summed E-state index contributed by atoms with van der Waals surface area (Å²) in [5.41, 5.74) is 1.89. The van der Waals surface area contributed by atoms with Crippen molar-refractivity contribution in [3.05, 3.63) is 35.4 Å². The maximum absolute atomic E-state index is 10.9. The van der Waals surface area contributed by atoms with Crippen LogP contribution in [0.4, 0.5) is 0 Å². The maximum Gasteiger partial charge on any atom is 0.0910 e. The van der Waals surface area contributed by atoms with Crippen molar-refractivity contribution >= 4 is 0 Å². The number of rotatable bonds is 1. The van der Waals surface area contributed by atoms with Crippen LogP contribution in [0.2, 0.25) is 0 Å². The van der Waals surface area contributed by atoms with Crippen LogP contribution in [0.3, 0.4) is 0 Å². The predicted octanol–water partition coefficient (Wildman–Crippen LogP) is 1.62. The fourth-order valence-corrected chi connectivity index (χ4v) is 3.06. The van der Waals surface area contributed by atoms with Gasteiger partial charge in [-0.2, -0.15) is 0 Å². The molecule has 0 amide bonds. The van der Waals surface area contributed by atoms with Gasteiger partial charge in [-0.1, -0.05) is 31.2 Å². The zero-order chi connectivity index (χ0) is 11.9. The fourth-order valence-electron chi connectivity index (χ4n) is 3.06. The molecule has 0 aliphatic carbocycles. The second-order valence-corrected chi connectivity index (χ2v) is 5.23. The lowest BCUT2D eigenvalue weighted by atomic mass is 9.76. The molecule has 1 aromatic rings. The zero-order valence-corrected chi connectivity index (χ0v) is 10.1. The normalized spacial score (nSPS) is 36.8. The van der Waals surface area contributed by atoms with E-state index < -0.39 is 5.60 Å². The highest BCUT2D eigenvalue weighted by Gasteiger charge is 2.46. The summed E-state index contributed by atoms with van der Waals surface area (Å²) in [7, 11) is 0. The van der Waals surface area contributed by atoms with Crippen LogP contribution in [0, 0.1) is 5.92 Å². The van der Waals surface area contributed by atoms with Crippen LogP contribution in [0.25, 0.3) is 0 Å². The van der Waals surface area contributed by atoms with E-state index >= 15 is 0 Å². The first-order valence-electron chi connectivity index (χ1n) is 6.33. The van der Waals surface area contributed by atoms with Crippen molar-refractivity contribution in [3.8, 4) is 0 Å². The molecule has 0 spiro atoms. The maximum atomic E-state index is 10.9. The van der Waals surface area contributed by atoms with Gasteiger partial charge in [-0.25, -0.2) is 0 Å². The smallest absolute Gasteiger partial charge is 0.0910 e. The molecule has 0 aromatic heterocycles. The summed E-state index contributed by atoms with van der Waals surface area (Å²) >= 11 is 0. The minimum atomic E-state index is -0.676. The Hall–Kier alpha value is -0.900. The van der Waals surface area contributed by atoms with Crippen molar-refractivity contribution in [2.75, 3.05) is 13.2 Å². The van der Waals surface area contributed by atoms with E-state index in [4.69, 9.17) is 4.74 Å². The van der Waals surface area contributed by atoms with Gasteiger partial charge in [-0.15, -0.1) is 0 Å². The van der Waals surface area contributed by atoms with Gasteiger partial charge in [0.15, 0.2) is 0 Å². The summed E-state index contributed by atoms with van der Waals surface area (Å²) in [5, 5.41) is 14.4. The molecule has 3 nitrogen and oxygen atoms in total. The second kappa shape index (κ2) is 4.09. The number of aliphatic hydroxyl groups is 1. The van der Waals surface area contributed by atoms with E-state index in [1.165, 1.54) is 11.1 Å². The van der Waals surface area contributed by atoms with Crippen molar-refractivity contribution in [1.82, 2.24) is 5.32 Å². The Morgan fingerprint density at radius 1 is 1.41 bits per heavy atom. The van der Waals surface area contributed by atoms with Gasteiger partial charge in [0, 0.05) is 25.5 Å². The standard InChI is InChI=1S/C14H19NO2/c1-10-9-17-7-6-14(10,16)13-12-5-3-2-4-11(12)8-15-13/h2-5,10,13,15-16H,6-9H2,1H3. The van der Waals surface area contributed by atoms with Crippen LogP contribution in [0.5, 0.6) is 0 Å². The van der Waals surface area contributed by atoms with Crippen LogP contribution in [-0.4, -0.2) is 23.9 Å². The number of hydrogen-bond acceptors (Lipinski definition) is 3. The molecule has 2 aliphatic heterocycles. The summed E-state index contributed by atoms with van der Waals surface area (Å²) in [6.45, 7) is 4.23. The SMILES string of the molecule is CC1COCCC1(O)C1NCc2ccccc21. The van der Waals surface area contributed by atoms with Gasteiger partial charge in [0.05, 0.1) is 18.2 Å². The van der Waals surface area contributed by atoms with Crippen molar-refractivity contribution in [1.29, 1.82) is 0 Å². The highest BCUT2D eigenvalue weighted by Crippen LogP contribution is 2.41. The Morgan fingerprint density at radius 3 is 3.06 bits per heavy atom. The second-order valence-electron chi connectivity index (χ2n) is 5.23. The minimum Gasteiger partial charge on any atom is -0.387 e. The Labute approximate surface area is 102 Å². The lowest BCUT2D eigenvalue weighted by molar-refractivity contribution is -0.125. The first-order chi connectivity index (χ1) is 8.22. The largest absolute Gasteiger partial charge is 0.387 e. The van der Waals surface area contributed by atoms with Crippen LogP contribution in [0.15, 0.2) is 24.3 Å². The first kappa shape index (κ1) is 11.2. The third-order valence-corrected chi connectivity index (χ3v) is 4.23. The van der Waals surface area contributed by atoms with Gasteiger partial charge in [0.25, 0.3) is 0 Å². The predicted molar refractivity (Wildman–Crippen MR) is 65.6 cm³/mol. The zero-order valence-electron chi connectivity index (χ0n) is 10.1. The Bertz CT molecular complexity index is 420. The van der Waals surface area contributed by atoms with Crippen molar-refractivity contribution in [2.24, 2.45) is 5.92 Å². The molecule has 0 saturated carbocycles. The highest BCUT2D eigenvalue weighted by molar-refractivity contribution is 5.36.